The Morgan fingerprint density at radius 1 is 1.08 bits per heavy atom. The van der Waals surface area contributed by atoms with Gasteiger partial charge in [0.15, 0.2) is 0 Å². The standard InChI is InChI=1S/C18H28N2O3S/c1-16-9-11-17(12-10-16)24(22,23)19(2)13-7-8-18(21)20-14-5-3-4-6-15-20/h9-12H,3-8,13-15H2,1-2H3. The van der Waals surface area contributed by atoms with Gasteiger partial charge in [-0.3, -0.25) is 4.79 Å². The number of carbonyl (C=O) groups is 1. The third kappa shape index (κ3) is 5.05. The zero-order chi connectivity index (χ0) is 17.6. The van der Waals surface area contributed by atoms with E-state index in [0.717, 1.165) is 31.5 Å². The average Bonchev–Trinajstić information content (AvgIpc) is 2.84. The molecule has 6 heteroatoms. The zero-order valence-corrected chi connectivity index (χ0v) is 15.5. The maximum atomic E-state index is 12.5. The molecule has 1 aromatic carbocycles. The number of hydrogen-bond donors (Lipinski definition) is 0. The van der Waals surface area contributed by atoms with E-state index >= 15 is 0 Å². The van der Waals surface area contributed by atoms with Gasteiger partial charge >= 0.3 is 0 Å². The van der Waals surface area contributed by atoms with Crippen molar-refractivity contribution in [2.24, 2.45) is 0 Å². The van der Waals surface area contributed by atoms with Gasteiger partial charge in [0.05, 0.1) is 4.90 Å². The van der Waals surface area contributed by atoms with E-state index in [9.17, 15) is 13.2 Å². The number of carbonyl (C=O) groups excluding carboxylic acids is 1. The first-order valence-electron chi connectivity index (χ1n) is 8.72. The van der Waals surface area contributed by atoms with Crippen LogP contribution in [0.3, 0.4) is 0 Å². The normalized spacial score (nSPS) is 16.2. The molecule has 1 fully saturated rings. The van der Waals surface area contributed by atoms with Crippen molar-refractivity contribution >= 4 is 15.9 Å². The summed E-state index contributed by atoms with van der Waals surface area (Å²) >= 11 is 0. The van der Waals surface area contributed by atoms with E-state index in [0.29, 0.717) is 24.3 Å². The first-order valence-corrected chi connectivity index (χ1v) is 10.2. The molecule has 0 atom stereocenters. The van der Waals surface area contributed by atoms with Crippen molar-refractivity contribution in [3.63, 3.8) is 0 Å². The van der Waals surface area contributed by atoms with Gasteiger partial charge in [-0.1, -0.05) is 30.5 Å². The van der Waals surface area contributed by atoms with Gasteiger partial charge < -0.3 is 4.90 Å². The van der Waals surface area contributed by atoms with Gasteiger partial charge in [0.25, 0.3) is 0 Å². The Hall–Kier alpha value is -1.40. The Labute approximate surface area is 145 Å². The number of amides is 1. The lowest BCUT2D eigenvalue weighted by Gasteiger charge is -2.21. The van der Waals surface area contributed by atoms with Gasteiger partial charge in [0.2, 0.25) is 15.9 Å². The minimum absolute atomic E-state index is 0.151. The van der Waals surface area contributed by atoms with Crippen molar-refractivity contribution < 1.29 is 13.2 Å². The van der Waals surface area contributed by atoms with Gasteiger partial charge in [0, 0.05) is 33.1 Å². The predicted molar refractivity (Wildman–Crippen MR) is 95.3 cm³/mol. The molecule has 0 spiro atoms. The van der Waals surface area contributed by atoms with Crippen LogP contribution in [0.15, 0.2) is 29.2 Å². The second kappa shape index (κ2) is 8.62. The van der Waals surface area contributed by atoms with Crippen LogP contribution in [-0.2, 0) is 14.8 Å². The molecule has 5 nitrogen and oxygen atoms in total. The Morgan fingerprint density at radius 3 is 2.25 bits per heavy atom. The summed E-state index contributed by atoms with van der Waals surface area (Å²) in [6.45, 7) is 3.97. The minimum atomic E-state index is -3.48. The molecule has 24 heavy (non-hydrogen) atoms. The second-order valence-electron chi connectivity index (χ2n) is 6.54. The molecule has 0 saturated carbocycles. The molecule has 134 valence electrons. The zero-order valence-electron chi connectivity index (χ0n) is 14.7. The number of rotatable bonds is 6. The summed E-state index contributed by atoms with van der Waals surface area (Å²) in [6.07, 6.45) is 5.51. The molecule has 1 heterocycles. The molecule has 1 saturated heterocycles. The highest BCUT2D eigenvalue weighted by atomic mass is 32.2. The Balaban J connectivity index is 1.84. The van der Waals surface area contributed by atoms with Crippen molar-refractivity contribution in [2.45, 2.75) is 50.3 Å². The lowest BCUT2D eigenvalue weighted by Crippen LogP contribution is -2.33. The van der Waals surface area contributed by atoms with Crippen LogP contribution in [0.2, 0.25) is 0 Å². The molecule has 0 unspecified atom stereocenters. The van der Waals surface area contributed by atoms with E-state index in [1.807, 2.05) is 11.8 Å². The van der Waals surface area contributed by atoms with Crippen molar-refractivity contribution in [3.8, 4) is 0 Å². The number of benzene rings is 1. The summed E-state index contributed by atoms with van der Waals surface area (Å²) < 4.78 is 26.3. The van der Waals surface area contributed by atoms with Gasteiger partial charge in [0.1, 0.15) is 0 Å². The van der Waals surface area contributed by atoms with Crippen LogP contribution in [-0.4, -0.2) is 50.2 Å². The molecule has 0 aliphatic carbocycles. The summed E-state index contributed by atoms with van der Waals surface area (Å²) in [5, 5.41) is 0. The molecule has 0 aromatic heterocycles. The molecule has 0 N–H and O–H groups in total. The largest absolute Gasteiger partial charge is 0.343 e. The van der Waals surface area contributed by atoms with Gasteiger partial charge in [-0.15, -0.1) is 0 Å². The third-order valence-electron chi connectivity index (χ3n) is 4.55. The summed E-state index contributed by atoms with van der Waals surface area (Å²) in [7, 11) is -1.90. The first kappa shape index (κ1) is 18.9. The van der Waals surface area contributed by atoms with Crippen LogP contribution in [0.4, 0.5) is 0 Å². The van der Waals surface area contributed by atoms with Crippen LogP contribution < -0.4 is 0 Å². The summed E-state index contributed by atoms with van der Waals surface area (Å²) in [5.74, 6) is 0.151. The second-order valence-corrected chi connectivity index (χ2v) is 8.58. The van der Waals surface area contributed by atoms with Crippen LogP contribution >= 0.6 is 0 Å². The fraction of sp³-hybridized carbons (Fsp3) is 0.611. The number of likely N-dealkylation sites (tertiary alicyclic amines) is 1. The van der Waals surface area contributed by atoms with E-state index in [4.69, 9.17) is 0 Å². The highest BCUT2D eigenvalue weighted by Crippen LogP contribution is 2.16. The molecular formula is C18H28N2O3S. The molecule has 2 rings (SSSR count). The highest BCUT2D eigenvalue weighted by molar-refractivity contribution is 7.89. The molecule has 0 radical (unpaired) electrons. The molecule has 1 aliphatic rings. The van der Waals surface area contributed by atoms with Crippen LogP contribution in [0, 0.1) is 6.92 Å². The number of aryl methyl sites for hydroxylation is 1. The summed E-state index contributed by atoms with van der Waals surface area (Å²) in [4.78, 5) is 14.5. The average molecular weight is 353 g/mol. The predicted octanol–water partition coefficient (Wildman–Crippen LogP) is 2.80. The van der Waals surface area contributed by atoms with Crippen molar-refractivity contribution in [2.75, 3.05) is 26.7 Å². The van der Waals surface area contributed by atoms with Crippen LogP contribution in [0.25, 0.3) is 0 Å². The fourth-order valence-corrected chi connectivity index (χ4v) is 4.15. The molecule has 0 bridgehead atoms. The summed E-state index contributed by atoms with van der Waals surface area (Å²) in [6, 6.07) is 6.85. The monoisotopic (exact) mass is 352 g/mol. The fourth-order valence-electron chi connectivity index (χ4n) is 2.94. The van der Waals surface area contributed by atoms with E-state index in [-0.39, 0.29) is 5.91 Å². The number of nitrogens with zero attached hydrogens (tertiary/aromatic N) is 2. The minimum Gasteiger partial charge on any atom is -0.343 e. The maximum Gasteiger partial charge on any atom is 0.242 e. The lowest BCUT2D eigenvalue weighted by molar-refractivity contribution is -0.131. The van der Waals surface area contributed by atoms with Gasteiger partial charge in [-0.05, 0) is 38.3 Å². The van der Waals surface area contributed by atoms with Crippen molar-refractivity contribution in [1.82, 2.24) is 9.21 Å². The maximum absolute atomic E-state index is 12.5. The summed E-state index contributed by atoms with van der Waals surface area (Å²) in [5.41, 5.74) is 1.03. The Bertz CT molecular complexity index is 633. The molecule has 1 aliphatic heterocycles. The molecule has 1 aromatic rings. The van der Waals surface area contributed by atoms with E-state index < -0.39 is 10.0 Å². The van der Waals surface area contributed by atoms with Crippen molar-refractivity contribution in [3.05, 3.63) is 29.8 Å². The first-order chi connectivity index (χ1) is 11.4. The highest BCUT2D eigenvalue weighted by Gasteiger charge is 2.21. The smallest absolute Gasteiger partial charge is 0.242 e. The molecule has 1 amide bonds. The number of hydrogen-bond acceptors (Lipinski definition) is 3. The van der Waals surface area contributed by atoms with E-state index in [2.05, 4.69) is 0 Å². The van der Waals surface area contributed by atoms with Crippen molar-refractivity contribution in [1.29, 1.82) is 0 Å². The SMILES string of the molecule is Cc1ccc(S(=O)(=O)N(C)CCCC(=O)N2CCCCCC2)cc1. The Kier molecular flexibility index (Phi) is 6.80. The third-order valence-corrected chi connectivity index (χ3v) is 6.42. The Morgan fingerprint density at radius 2 is 1.67 bits per heavy atom. The quantitative estimate of drug-likeness (QED) is 0.791. The van der Waals surface area contributed by atoms with Gasteiger partial charge in [-0.25, -0.2) is 12.7 Å². The van der Waals surface area contributed by atoms with E-state index in [1.165, 1.54) is 17.1 Å². The van der Waals surface area contributed by atoms with Gasteiger partial charge in [-0.2, -0.15) is 0 Å². The topological polar surface area (TPSA) is 57.7 Å². The molecular weight excluding hydrogens is 324 g/mol. The van der Waals surface area contributed by atoms with Crippen LogP contribution in [0.5, 0.6) is 0 Å². The lowest BCUT2D eigenvalue weighted by atomic mass is 10.2. The van der Waals surface area contributed by atoms with Crippen LogP contribution in [0.1, 0.15) is 44.1 Å². The number of sulfonamides is 1. The van der Waals surface area contributed by atoms with E-state index in [1.54, 1.807) is 31.3 Å².